The van der Waals surface area contributed by atoms with E-state index in [2.05, 4.69) is 5.10 Å². The zero-order valence-corrected chi connectivity index (χ0v) is 10.1. The fourth-order valence-electron chi connectivity index (χ4n) is 1.66. The highest BCUT2D eigenvalue weighted by Gasteiger charge is 2.04. The van der Waals surface area contributed by atoms with Crippen molar-refractivity contribution in [1.82, 2.24) is 9.78 Å². The van der Waals surface area contributed by atoms with Crippen molar-refractivity contribution in [2.45, 2.75) is 20.1 Å². The Hall–Kier alpha value is -1.81. The summed E-state index contributed by atoms with van der Waals surface area (Å²) >= 11 is 0. The molecule has 0 amide bonds. The minimum absolute atomic E-state index is 0.0147. The van der Waals surface area contributed by atoms with Crippen LogP contribution in [0.4, 0.5) is 0 Å². The number of hydrogen-bond donors (Lipinski definition) is 1. The van der Waals surface area contributed by atoms with E-state index in [4.69, 9.17) is 4.74 Å². The minimum Gasteiger partial charge on any atom is -0.487 e. The number of aliphatic hydroxyl groups is 1. The number of benzene rings is 1. The summed E-state index contributed by atoms with van der Waals surface area (Å²) in [5, 5.41) is 13.5. The van der Waals surface area contributed by atoms with Crippen molar-refractivity contribution in [3.63, 3.8) is 0 Å². The van der Waals surface area contributed by atoms with Gasteiger partial charge in [-0.05, 0) is 19.1 Å². The molecule has 0 radical (unpaired) electrons. The van der Waals surface area contributed by atoms with Crippen LogP contribution in [0.2, 0.25) is 0 Å². The van der Waals surface area contributed by atoms with Gasteiger partial charge in [0.25, 0.3) is 0 Å². The van der Waals surface area contributed by atoms with E-state index in [1.165, 1.54) is 0 Å². The van der Waals surface area contributed by atoms with Gasteiger partial charge in [-0.2, -0.15) is 5.10 Å². The first-order valence-electron chi connectivity index (χ1n) is 5.51. The van der Waals surface area contributed by atoms with Crippen LogP contribution >= 0.6 is 0 Å². The summed E-state index contributed by atoms with van der Waals surface area (Å²) in [4.78, 5) is 0. The molecule has 17 heavy (non-hydrogen) atoms. The van der Waals surface area contributed by atoms with Crippen molar-refractivity contribution in [3.8, 4) is 5.75 Å². The molecule has 1 heterocycles. The quantitative estimate of drug-likeness (QED) is 0.874. The molecule has 0 saturated carbocycles. The molecule has 0 aliphatic heterocycles. The maximum Gasteiger partial charge on any atom is 0.132 e. The second kappa shape index (κ2) is 5.01. The van der Waals surface area contributed by atoms with Crippen molar-refractivity contribution in [3.05, 3.63) is 47.3 Å². The Morgan fingerprint density at radius 3 is 2.82 bits per heavy atom. The summed E-state index contributed by atoms with van der Waals surface area (Å²) in [5.41, 5.74) is 2.79. The summed E-state index contributed by atoms with van der Waals surface area (Å²) in [6, 6.07) is 7.68. The molecular weight excluding hydrogens is 216 g/mol. The molecule has 4 nitrogen and oxygen atoms in total. The standard InChI is InChI=1S/C13H16N2O2/c1-10-3-4-13(11(7-10)8-16)17-9-12-5-6-15(2)14-12/h3-7,16H,8-9H2,1-2H3. The Balaban J connectivity index is 2.08. The maximum atomic E-state index is 9.24. The van der Waals surface area contributed by atoms with Crippen molar-refractivity contribution < 1.29 is 9.84 Å². The highest BCUT2D eigenvalue weighted by molar-refractivity contribution is 5.36. The van der Waals surface area contributed by atoms with Gasteiger partial charge in [-0.15, -0.1) is 0 Å². The first kappa shape index (κ1) is 11.7. The molecule has 0 unspecified atom stereocenters. The van der Waals surface area contributed by atoms with Gasteiger partial charge in [0.2, 0.25) is 0 Å². The highest BCUT2D eigenvalue weighted by Crippen LogP contribution is 2.20. The minimum atomic E-state index is -0.0147. The fraction of sp³-hybridized carbons (Fsp3) is 0.308. The van der Waals surface area contributed by atoms with Crippen molar-refractivity contribution >= 4 is 0 Å². The Bertz CT molecular complexity index is 506. The van der Waals surface area contributed by atoms with E-state index in [1.807, 2.05) is 44.4 Å². The highest BCUT2D eigenvalue weighted by atomic mass is 16.5. The van der Waals surface area contributed by atoms with Gasteiger partial charge in [0.05, 0.1) is 12.3 Å². The summed E-state index contributed by atoms with van der Waals surface area (Å²) < 4.78 is 7.38. The van der Waals surface area contributed by atoms with Gasteiger partial charge < -0.3 is 9.84 Å². The van der Waals surface area contributed by atoms with Gasteiger partial charge in [-0.1, -0.05) is 17.7 Å². The average molecular weight is 232 g/mol. The van der Waals surface area contributed by atoms with E-state index in [1.54, 1.807) is 4.68 Å². The largest absolute Gasteiger partial charge is 0.487 e. The molecule has 0 bridgehead atoms. The first-order chi connectivity index (χ1) is 8.19. The lowest BCUT2D eigenvalue weighted by atomic mass is 10.1. The van der Waals surface area contributed by atoms with Crippen LogP contribution in [0.25, 0.3) is 0 Å². The zero-order valence-electron chi connectivity index (χ0n) is 10.1. The summed E-state index contributed by atoms with van der Waals surface area (Å²) in [7, 11) is 1.87. The lowest BCUT2D eigenvalue weighted by Gasteiger charge is -2.09. The third-order valence-electron chi connectivity index (χ3n) is 2.53. The van der Waals surface area contributed by atoms with Gasteiger partial charge in [0, 0.05) is 18.8 Å². The molecule has 2 aromatic rings. The van der Waals surface area contributed by atoms with E-state index in [0.29, 0.717) is 12.4 Å². The van der Waals surface area contributed by atoms with Gasteiger partial charge in [-0.25, -0.2) is 0 Å². The number of aromatic nitrogens is 2. The van der Waals surface area contributed by atoms with Crippen LogP contribution in [0.5, 0.6) is 5.75 Å². The van der Waals surface area contributed by atoms with Gasteiger partial charge in [-0.3, -0.25) is 4.68 Å². The molecular formula is C13H16N2O2. The third-order valence-corrected chi connectivity index (χ3v) is 2.53. The Morgan fingerprint density at radius 2 is 2.18 bits per heavy atom. The van der Waals surface area contributed by atoms with Gasteiger partial charge in [0.15, 0.2) is 0 Å². The monoisotopic (exact) mass is 232 g/mol. The third kappa shape index (κ3) is 2.85. The Kier molecular flexibility index (Phi) is 3.44. The van der Waals surface area contributed by atoms with E-state index in [9.17, 15) is 5.11 Å². The fourth-order valence-corrected chi connectivity index (χ4v) is 1.66. The molecule has 90 valence electrons. The van der Waals surface area contributed by atoms with Gasteiger partial charge in [0.1, 0.15) is 12.4 Å². The second-order valence-corrected chi connectivity index (χ2v) is 4.04. The molecule has 4 heteroatoms. The molecule has 0 spiro atoms. The van der Waals surface area contributed by atoms with Crippen LogP contribution in [-0.4, -0.2) is 14.9 Å². The molecule has 1 aromatic carbocycles. The molecule has 0 atom stereocenters. The number of hydrogen-bond acceptors (Lipinski definition) is 3. The molecule has 1 N–H and O–H groups in total. The van der Waals surface area contributed by atoms with Crippen LogP contribution in [0, 0.1) is 6.92 Å². The lowest BCUT2D eigenvalue weighted by Crippen LogP contribution is -2.00. The van der Waals surface area contributed by atoms with E-state index in [-0.39, 0.29) is 6.61 Å². The molecule has 0 aliphatic carbocycles. The molecule has 0 fully saturated rings. The second-order valence-electron chi connectivity index (χ2n) is 4.04. The summed E-state index contributed by atoms with van der Waals surface area (Å²) in [6.07, 6.45) is 1.88. The molecule has 0 saturated heterocycles. The van der Waals surface area contributed by atoms with Crippen LogP contribution in [0.1, 0.15) is 16.8 Å². The molecule has 2 rings (SSSR count). The Morgan fingerprint density at radius 1 is 1.35 bits per heavy atom. The number of nitrogens with zero attached hydrogens (tertiary/aromatic N) is 2. The predicted octanol–water partition coefficient (Wildman–Crippen LogP) is 1.80. The maximum absolute atomic E-state index is 9.24. The van der Waals surface area contributed by atoms with Crippen LogP contribution in [-0.2, 0) is 20.3 Å². The topological polar surface area (TPSA) is 47.3 Å². The number of ether oxygens (including phenoxy) is 1. The zero-order chi connectivity index (χ0) is 12.3. The Labute approximate surface area is 100 Å². The van der Waals surface area contributed by atoms with Crippen molar-refractivity contribution in [2.24, 2.45) is 7.05 Å². The molecule has 0 aliphatic rings. The number of aliphatic hydroxyl groups excluding tert-OH is 1. The van der Waals surface area contributed by atoms with Crippen molar-refractivity contribution in [2.75, 3.05) is 0 Å². The first-order valence-corrected chi connectivity index (χ1v) is 5.51. The normalized spacial score (nSPS) is 10.5. The lowest BCUT2D eigenvalue weighted by molar-refractivity contribution is 0.257. The summed E-state index contributed by atoms with van der Waals surface area (Å²) in [6.45, 7) is 2.39. The number of aryl methyl sites for hydroxylation is 2. The number of rotatable bonds is 4. The van der Waals surface area contributed by atoms with E-state index >= 15 is 0 Å². The van der Waals surface area contributed by atoms with Crippen molar-refractivity contribution in [1.29, 1.82) is 0 Å². The average Bonchev–Trinajstić information content (AvgIpc) is 2.73. The van der Waals surface area contributed by atoms with Crippen LogP contribution in [0.15, 0.2) is 30.5 Å². The SMILES string of the molecule is Cc1ccc(OCc2ccn(C)n2)c(CO)c1. The van der Waals surface area contributed by atoms with Crippen LogP contribution < -0.4 is 4.74 Å². The smallest absolute Gasteiger partial charge is 0.132 e. The van der Waals surface area contributed by atoms with E-state index in [0.717, 1.165) is 16.8 Å². The van der Waals surface area contributed by atoms with E-state index < -0.39 is 0 Å². The predicted molar refractivity (Wildman–Crippen MR) is 64.6 cm³/mol. The van der Waals surface area contributed by atoms with Crippen LogP contribution in [0.3, 0.4) is 0 Å². The van der Waals surface area contributed by atoms with Gasteiger partial charge >= 0.3 is 0 Å². The summed E-state index contributed by atoms with van der Waals surface area (Å²) in [5.74, 6) is 0.712. The molecule has 1 aromatic heterocycles.